The van der Waals surface area contributed by atoms with Gasteiger partial charge in [-0.3, -0.25) is 4.79 Å². The third-order valence-corrected chi connectivity index (χ3v) is 3.95. The van der Waals surface area contributed by atoms with E-state index in [1.807, 2.05) is 11.9 Å². The van der Waals surface area contributed by atoms with E-state index in [0.717, 1.165) is 32.1 Å². The van der Waals surface area contributed by atoms with Crippen LogP contribution < -0.4 is 0 Å². The number of carbonyl (C=O) groups excluding carboxylic acids is 1. The van der Waals surface area contributed by atoms with Crippen LogP contribution in [0.1, 0.15) is 52.4 Å². The second-order valence-electron chi connectivity index (χ2n) is 5.79. The minimum Gasteiger partial charge on any atom is -0.396 e. The zero-order valence-electron chi connectivity index (χ0n) is 11.5. The Kier molecular flexibility index (Phi) is 5.96. The largest absolute Gasteiger partial charge is 0.396 e. The predicted octanol–water partition coefficient (Wildman–Crippen LogP) is 2.43. The number of aliphatic hydroxyl groups is 1. The molecule has 0 spiro atoms. The van der Waals surface area contributed by atoms with Crippen LogP contribution in [0.3, 0.4) is 0 Å². The van der Waals surface area contributed by atoms with Crippen LogP contribution in [0.15, 0.2) is 0 Å². The number of hydrogen-bond acceptors (Lipinski definition) is 2. The summed E-state index contributed by atoms with van der Waals surface area (Å²) in [5.41, 5.74) is 0. The molecule has 1 aliphatic carbocycles. The molecule has 0 bridgehead atoms. The summed E-state index contributed by atoms with van der Waals surface area (Å²) < 4.78 is 0. The van der Waals surface area contributed by atoms with Gasteiger partial charge in [-0.2, -0.15) is 0 Å². The second kappa shape index (κ2) is 7.00. The van der Waals surface area contributed by atoms with E-state index in [9.17, 15) is 4.79 Å². The molecule has 0 radical (unpaired) electrons. The van der Waals surface area contributed by atoms with Gasteiger partial charge < -0.3 is 10.0 Å². The van der Waals surface area contributed by atoms with Crippen LogP contribution in [-0.2, 0) is 4.79 Å². The molecule has 100 valence electrons. The van der Waals surface area contributed by atoms with Crippen LogP contribution in [0, 0.1) is 11.8 Å². The van der Waals surface area contributed by atoms with Gasteiger partial charge in [0.1, 0.15) is 0 Å². The first kappa shape index (κ1) is 14.5. The Bertz CT molecular complexity index is 232. The highest BCUT2D eigenvalue weighted by atomic mass is 16.3. The quantitative estimate of drug-likeness (QED) is 0.803. The molecule has 3 nitrogen and oxygen atoms in total. The first-order chi connectivity index (χ1) is 8.04. The van der Waals surface area contributed by atoms with E-state index in [-0.39, 0.29) is 5.91 Å². The molecule has 3 heteroatoms. The summed E-state index contributed by atoms with van der Waals surface area (Å²) in [7, 11) is 1.94. The van der Waals surface area contributed by atoms with Crippen molar-refractivity contribution in [3.63, 3.8) is 0 Å². The van der Waals surface area contributed by atoms with Gasteiger partial charge in [0.15, 0.2) is 0 Å². The van der Waals surface area contributed by atoms with Crippen molar-refractivity contribution >= 4 is 5.91 Å². The van der Waals surface area contributed by atoms with Crippen LogP contribution in [-0.4, -0.2) is 35.6 Å². The van der Waals surface area contributed by atoms with Crippen molar-refractivity contribution in [3.8, 4) is 0 Å². The van der Waals surface area contributed by atoms with Crippen LogP contribution in [0.5, 0.6) is 0 Å². The molecule has 1 saturated carbocycles. The smallest absolute Gasteiger partial charge is 0.222 e. The van der Waals surface area contributed by atoms with Gasteiger partial charge in [0.05, 0.1) is 0 Å². The molecule has 0 aromatic heterocycles. The van der Waals surface area contributed by atoms with E-state index in [2.05, 4.69) is 13.8 Å². The molecule has 1 N–H and O–H groups in total. The van der Waals surface area contributed by atoms with Gasteiger partial charge in [-0.05, 0) is 43.9 Å². The van der Waals surface area contributed by atoms with Crippen molar-refractivity contribution in [2.24, 2.45) is 11.8 Å². The third kappa shape index (κ3) is 4.66. The molecule has 0 saturated heterocycles. The maximum atomic E-state index is 12.0. The minimum absolute atomic E-state index is 0.283. The molecule has 0 aromatic carbocycles. The van der Waals surface area contributed by atoms with Crippen molar-refractivity contribution < 1.29 is 9.90 Å². The summed E-state index contributed by atoms with van der Waals surface area (Å²) in [6.45, 7) is 4.61. The van der Waals surface area contributed by atoms with Gasteiger partial charge in [-0.25, -0.2) is 0 Å². The molecular formula is C14H27NO2. The molecule has 1 rings (SSSR count). The number of hydrogen-bond donors (Lipinski definition) is 1. The number of nitrogens with zero attached hydrogens (tertiary/aromatic N) is 1. The number of rotatable bonds is 5. The second-order valence-corrected chi connectivity index (χ2v) is 5.79. The normalized spacial score (nSPS) is 25.0. The number of aliphatic hydroxyl groups excluding tert-OH is 1. The highest BCUT2D eigenvalue weighted by Gasteiger charge is 2.25. The van der Waals surface area contributed by atoms with Gasteiger partial charge in [0.2, 0.25) is 5.91 Å². The van der Waals surface area contributed by atoms with E-state index in [1.165, 1.54) is 0 Å². The Balaban J connectivity index is 2.32. The Morgan fingerprint density at radius 2 is 1.88 bits per heavy atom. The molecule has 0 heterocycles. The lowest BCUT2D eigenvalue weighted by Crippen LogP contribution is -2.39. The van der Waals surface area contributed by atoms with E-state index in [1.54, 1.807) is 0 Å². The maximum Gasteiger partial charge on any atom is 0.222 e. The molecule has 1 aliphatic rings. The minimum atomic E-state index is 0.283. The van der Waals surface area contributed by atoms with Crippen molar-refractivity contribution in [3.05, 3.63) is 0 Å². The van der Waals surface area contributed by atoms with Crippen LogP contribution >= 0.6 is 0 Å². The molecule has 0 aliphatic heterocycles. The lowest BCUT2D eigenvalue weighted by atomic mass is 9.86. The zero-order chi connectivity index (χ0) is 12.8. The van der Waals surface area contributed by atoms with Crippen molar-refractivity contribution in [1.29, 1.82) is 0 Å². The van der Waals surface area contributed by atoms with Gasteiger partial charge >= 0.3 is 0 Å². The van der Waals surface area contributed by atoms with Crippen LogP contribution in [0.2, 0.25) is 0 Å². The summed E-state index contributed by atoms with van der Waals surface area (Å²) in [5.74, 6) is 1.34. The summed E-state index contributed by atoms with van der Waals surface area (Å²) in [6.07, 6.45) is 5.87. The topological polar surface area (TPSA) is 40.5 Å². The lowest BCUT2D eigenvalue weighted by molar-refractivity contribution is -0.133. The Hall–Kier alpha value is -0.570. The molecule has 0 aromatic rings. The molecule has 1 fully saturated rings. The van der Waals surface area contributed by atoms with Crippen LogP contribution in [0.4, 0.5) is 0 Å². The molecule has 0 unspecified atom stereocenters. The number of amides is 1. The molecular weight excluding hydrogens is 214 g/mol. The van der Waals surface area contributed by atoms with Crippen molar-refractivity contribution in [1.82, 2.24) is 4.90 Å². The molecule has 17 heavy (non-hydrogen) atoms. The summed E-state index contributed by atoms with van der Waals surface area (Å²) >= 11 is 0. The van der Waals surface area contributed by atoms with Crippen molar-refractivity contribution in [2.45, 2.75) is 58.4 Å². The summed E-state index contributed by atoms with van der Waals surface area (Å²) in [4.78, 5) is 13.9. The first-order valence-electron chi connectivity index (χ1n) is 6.91. The van der Waals surface area contributed by atoms with E-state index >= 15 is 0 Å². The maximum absolute atomic E-state index is 12.0. The van der Waals surface area contributed by atoms with Gasteiger partial charge in [0.25, 0.3) is 0 Å². The Morgan fingerprint density at radius 1 is 1.29 bits per heavy atom. The van der Waals surface area contributed by atoms with Gasteiger partial charge in [0, 0.05) is 26.1 Å². The highest BCUT2D eigenvalue weighted by molar-refractivity contribution is 5.76. The summed E-state index contributed by atoms with van der Waals surface area (Å²) in [5, 5.41) is 9.09. The fourth-order valence-corrected chi connectivity index (χ4v) is 2.51. The SMILES string of the molecule is CC(C)CCC(=O)N(C)C1CCC(CO)CC1. The third-order valence-electron chi connectivity index (χ3n) is 3.95. The van der Waals surface area contributed by atoms with E-state index < -0.39 is 0 Å². The fraction of sp³-hybridized carbons (Fsp3) is 0.929. The standard InChI is InChI=1S/C14H27NO2/c1-11(2)4-9-14(17)15(3)13-7-5-12(10-16)6-8-13/h11-13,16H,4-10H2,1-3H3. The molecule has 0 atom stereocenters. The average Bonchev–Trinajstić information content (AvgIpc) is 2.35. The van der Waals surface area contributed by atoms with Crippen molar-refractivity contribution in [2.75, 3.05) is 13.7 Å². The highest BCUT2D eigenvalue weighted by Crippen LogP contribution is 2.27. The monoisotopic (exact) mass is 241 g/mol. The number of carbonyl (C=O) groups is 1. The van der Waals surface area contributed by atoms with Gasteiger partial charge in [-0.15, -0.1) is 0 Å². The Morgan fingerprint density at radius 3 is 2.35 bits per heavy atom. The van der Waals surface area contributed by atoms with Crippen LogP contribution in [0.25, 0.3) is 0 Å². The van der Waals surface area contributed by atoms with E-state index in [0.29, 0.717) is 30.9 Å². The average molecular weight is 241 g/mol. The summed E-state index contributed by atoms with van der Waals surface area (Å²) in [6, 6.07) is 0.400. The van der Waals surface area contributed by atoms with Gasteiger partial charge in [-0.1, -0.05) is 13.8 Å². The predicted molar refractivity (Wildman–Crippen MR) is 69.7 cm³/mol. The van der Waals surface area contributed by atoms with E-state index in [4.69, 9.17) is 5.11 Å². The first-order valence-corrected chi connectivity index (χ1v) is 6.91. The lowest BCUT2D eigenvalue weighted by Gasteiger charge is -2.34. The molecule has 1 amide bonds. The Labute approximate surface area is 105 Å². The zero-order valence-corrected chi connectivity index (χ0v) is 11.5. The fourth-order valence-electron chi connectivity index (χ4n) is 2.51.